The normalized spacial score (nSPS) is 20.3. The minimum atomic E-state index is -0.662. The summed E-state index contributed by atoms with van der Waals surface area (Å²) in [6, 6.07) is 5.27. The van der Waals surface area contributed by atoms with Crippen LogP contribution in [-0.4, -0.2) is 61.7 Å². The summed E-state index contributed by atoms with van der Waals surface area (Å²) in [6.45, 7) is 4.76. The van der Waals surface area contributed by atoms with E-state index in [-0.39, 0.29) is 24.8 Å². The Morgan fingerprint density at radius 3 is 2.71 bits per heavy atom. The zero-order valence-corrected chi connectivity index (χ0v) is 14.6. The van der Waals surface area contributed by atoms with Crippen LogP contribution in [0.3, 0.4) is 0 Å². The van der Waals surface area contributed by atoms with Crippen molar-refractivity contribution in [3.63, 3.8) is 0 Å². The van der Waals surface area contributed by atoms with Crippen LogP contribution in [0.15, 0.2) is 18.2 Å². The molecule has 0 radical (unpaired) electrons. The predicted molar refractivity (Wildman–Crippen MR) is 89.4 cm³/mol. The van der Waals surface area contributed by atoms with Gasteiger partial charge in [-0.05, 0) is 19.9 Å². The number of methoxy groups -OCH3 is 2. The SMILES string of the molecule is COc1cccc(CNC(=O)N2C[C@H](OC(C)C)[C@@H](O)C2)c1OC. The van der Waals surface area contributed by atoms with E-state index in [9.17, 15) is 9.90 Å². The summed E-state index contributed by atoms with van der Waals surface area (Å²) in [5.74, 6) is 1.22. The van der Waals surface area contributed by atoms with E-state index in [1.807, 2.05) is 26.0 Å². The lowest BCUT2D eigenvalue weighted by molar-refractivity contribution is -0.0393. The molecule has 2 amide bonds. The molecule has 7 nitrogen and oxygen atoms in total. The van der Waals surface area contributed by atoms with Gasteiger partial charge in [0.05, 0.1) is 39.5 Å². The molecule has 1 aromatic rings. The highest BCUT2D eigenvalue weighted by atomic mass is 16.5. The number of urea groups is 1. The van der Waals surface area contributed by atoms with Crippen molar-refractivity contribution in [3.05, 3.63) is 23.8 Å². The maximum atomic E-state index is 12.3. The second-order valence-corrected chi connectivity index (χ2v) is 6.01. The van der Waals surface area contributed by atoms with Gasteiger partial charge in [0.15, 0.2) is 11.5 Å². The average Bonchev–Trinajstić information content (AvgIpc) is 2.92. The lowest BCUT2D eigenvalue weighted by Crippen LogP contribution is -2.39. The van der Waals surface area contributed by atoms with Crippen molar-refractivity contribution in [2.45, 2.75) is 38.7 Å². The van der Waals surface area contributed by atoms with Gasteiger partial charge in [-0.25, -0.2) is 4.79 Å². The number of amides is 2. The number of aliphatic hydroxyl groups excluding tert-OH is 1. The van der Waals surface area contributed by atoms with Crippen molar-refractivity contribution in [2.75, 3.05) is 27.3 Å². The van der Waals surface area contributed by atoms with Crippen molar-refractivity contribution in [1.82, 2.24) is 10.2 Å². The Morgan fingerprint density at radius 1 is 1.33 bits per heavy atom. The quantitative estimate of drug-likeness (QED) is 0.819. The summed E-state index contributed by atoms with van der Waals surface area (Å²) in [5.41, 5.74) is 0.819. The van der Waals surface area contributed by atoms with Gasteiger partial charge in [0.2, 0.25) is 0 Å². The van der Waals surface area contributed by atoms with Crippen LogP contribution in [0.25, 0.3) is 0 Å². The van der Waals surface area contributed by atoms with Crippen LogP contribution in [0.1, 0.15) is 19.4 Å². The molecule has 134 valence electrons. The molecule has 0 aliphatic carbocycles. The summed E-state index contributed by atoms with van der Waals surface area (Å²) >= 11 is 0. The zero-order chi connectivity index (χ0) is 17.7. The molecule has 1 aliphatic heterocycles. The molecule has 0 aromatic heterocycles. The number of ether oxygens (including phenoxy) is 3. The van der Waals surface area contributed by atoms with Crippen LogP contribution < -0.4 is 14.8 Å². The zero-order valence-electron chi connectivity index (χ0n) is 14.6. The second-order valence-electron chi connectivity index (χ2n) is 6.01. The van der Waals surface area contributed by atoms with Gasteiger partial charge in [-0.15, -0.1) is 0 Å². The standard InChI is InChI=1S/C17H26N2O5/c1-11(2)24-15-10-19(9-13(15)20)17(21)18-8-12-6-5-7-14(22-3)16(12)23-4/h5-7,11,13,15,20H,8-10H2,1-4H3,(H,18,21)/t13-,15-/m0/s1. The maximum absolute atomic E-state index is 12.3. The number of benzene rings is 1. The monoisotopic (exact) mass is 338 g/mol. The number of hydrogen-bond acceptors (Lipinski definition) is 5. The molecular formula is C17H26N2O5. The smallest absolute Gasteiger partial charge is 0.317 e. The summed E-state index contributed by atoms with van der Waals surface area (Å²) < 4.78 is 16.2. The molecular weight excluding hydrogens is 312 g/mol. The molecule has 1 aromatic carbocycles. The predicted octanol–water partition coefficient (Wildman–Crippen LogP) is 1.38. The highest BCUT2D eigenvalue weighted by Gasteiger charge is 2.35. The van der Waals surface area contributed by atoms with Gasteiger partial charge in [-0.1, -0.05) is 12.1 Å². The Bertz CT molecular complexity index is 564. The van der Waals surface area contributed by atoms with E-state index < -0.39 is 6.10 Å². The largest absolute Gasteiger partial charge is 0.493 e. The van der Waals surface area contributed by atoms with Crippen molar-refractivity contribution in [3.8, 4) is 11.5 Å². The fourth-order valence-corrected chi connectivity index (χ4v) is 2.78. The molecule has 0 saturated carbocycles. The molecule has 1 heterocycles. The molecule has 0 spiro atoms. The van der Waals surface area contributed by atoms with Crippen LogP contribution in [-0.2, 0) is 11.3 Å². The van der Waals surface area contributed by atoms with E-state index in [0.29, 0.717) is 24.6 Å². The molecule has 1 aliphatic rings. The number of para-hydroxylation sites is 1. The summed E-state index contributed by atoms with van der Waals surface area (Å²) in [7, 11) is 3.13. The van der Waals surface area contributed by atoms with Crippen molar-refractivity contribution >= 4 is 6.03 Å². The number of hydrogen-bond donors (Lipinski definition) is 2. The first-order chi connectivity index (χ1) is 11.5. The highest BCUT2D eigenvalue weighted by molar-refractivity contribution is 5.74. The molecule has 7 heteroatoms. The van der Waals surface area contributed by atoms with E-state index >= 15 is 0 Å². The van der Waals surface area contributed by atoms with Gasteiger partial charge in [-0.2, -0.15) is 0 Å². The topological polar surface area (TPSA) is 80.3 Å². The molecule has 2 rings (SSSR count). The van der Waals surface area contributed by atoms with Gasteiger partial charge in [0.1, 0.15) is 6.10 Å². The van der Waals surface area contributed by atoms with Crippen molar-refractivity contribution < 1.29 is 24.1 Å². The van der Waals surface area contributed by atoms with Gasteiger partial charge in [0.25, 0.3) is 0 Å². The first-order valence-corrected chi connectivity index (χ1v) is 8.02. The Kier molecular flexibility index (Phi) is 6.28. The molecule has 2 N–H and O–H groups in total. The molecule has 0 unspecified atom stereocenters. The molecule has 2 atom stereocenters. The molecule has 1 fully saturated rings. The summed E-state index contributed by atoms with van der Waals surface area (Å²) in [4.78, 5) is 13.9. The third-order valence-corrected chi connectivity index (χ3v) is 3.89. The first-order valence-electron chi connectivity index (χ1n) is 8.02. The Balaban J connectivity index is 1.95. The van der Waals surface area contributed by atoms with E-state index in [1.54, 1.807) is 25.2 Å². The van der Waals surface area contributed by atoms with Crippen LogP contribution >= 0.6 is 0 Å². The van der Waals surface area contributed by atoms with E-state index in [4.69, 9.17) is 14.2 Å². The second kappa shape index (κ2) is 8.21. The third kappa shape index (κ3) is 4.30. The number of rotatable bonds is 6. The summed E-state index contributed by atoms with van der Waals surface area (Å²) in [6.07, 6.45) is -1.000. The number of nitrogens with zero attached hydrogens (tertiary/aromatic N) is 1. The highest BCUT2D eigenvalue weighted by Crippen LogP contribution is 2.30. The number of carbonyl (C=O) groups is 1. The minimum Gasteiger partial charge on any atom is -0.493 e. The van der Waals surface area contributed by atoms with Crippen molar-refractivity contribution in [2.24, 2.45) is 0 Å². The van der Waals surface area contributed by atoms with Gasteiger partial charge >= 0.3 is 6.03 Å². The fourth-order valence-electron chi connectivity index (χ4n) is 2.78. The Morgan fingerprint density at radius 2 is 2.08 bits per heavy atom. The first kappa shape index (κ1) is 18.4. The number of aliphatic hydroxyl groups is 1. The maximum Gasteiger partial charge on any atom is 0.317 e. The molecule has 0 bridgehead atoms. The van der Waals surface area contributed by atoms with Crippen LogP contribution in [0, 0.1) is 0 Å². The van der Waals surface area contributed by atoms with E-state index in [2.05, 4.69) is 5.32 Å². The summed E-state index contributed by atoms with van der Waals surface area (Å²) in [5, 5.41) is 12.9. The lowest BCUT2D eigenvalue weighted by atomic mass is 10.2. The average molecular weight is 338 g/mol. The van der Waals surface area contributed by atoms with E-state index in [1.165, 1.54) is 0 Å². The number of nitrogens with one attached hydrogen (secondary N) is 1. The van der Waals surface area contributed by atoms with Gasteiger partial charge in [0, 0.05) is 12.1 Å². The Labute approximate surface area is 142 Å². The van der Waals surface area contributed by atoms with Crippen LogP contribution in [0.4, 0.5) is 4.79 Å². The Hall–Kier alpha value is -1.99. The van der Waals surface area contributed by atoms with Gasteiger partial charge in [-0.3, -0.25) is 0 Å². The molecule has 24 heavy (non-hydrogen) atoms. The fraction of sp³-hybridized carbons (Fsp3) is 0.588. The number of likely N-dealkylation sites (tertiary alicyclic amines) is 1. The van der Waals surface area contributed by atoms with Gasteiger partial charge < -0.3 is 29.5 Å². The van der Waals surface area contributed by atoms with Crippen LogP contribution in [0.2, 0.25) is 0 Å². The lowest BCUT2D eigenvalue weighted by Gasteiger charge is -2.19. The minimum absolute atomic E-state index is 0.00806. The molecule has 1 saturated heterocycles. The van der Waals surface area contributed by atoms with E-state index in [0.717, 1.165) is 5.56 Å². The van der Waals surface area contributed by atoms with Crippen molar-refractivity contribution in [1.29, 1.82) is 0 Å². The number of β-amino-alcohol motifs (C(OH)–C–C–N with tert-alkyl or cyclic N) is 1. The number of carbonyl (C=O) groups excluding carboxylic acids is 1. The third-order valence-electron chi connectivity index (χ3n) is 3.89. The van der Waals surface area contributed by atoms with Crippen LogP contribution in [0.5, 0.6) is 11.5 Å².